The molecule has 0 aliphatic rings. The Labute approximate surface area is 173 Å². The first-order valence-corrected chi connectivity index (χ1v) is 9.34. The zero-order chi connectivity index (χ0) is 22.5. The Morgan fingerprint density at radius 1 is 1.03 bits per heavy atom. The molecule has 2 amide bonds. The van der Waals surface area contributed by atoms with Gasteiger partial charge in [0.2, 0.25) is 0 Å². The van der Waals surface area contributed by atoms with Gasteiger partial charge in [-0.3, -0.25) is 9.59 Å². The monoisotopic (exact) mass is 422 g/mol. The van der Waals surface area contributed by atoms with E-state index in [1.54, 1.807) is 6.07 Å². The summed E-state index contributed by atoms with van der Waals surface area (Å²) in [6.45, 7) is 7.79. The second-order valence-corrected chi connectivity index (χ2v) is 7.92. The topological polar surface area (TPSA) is 67.4 Å². The number of hydrogen-bond acceptors (Lipinski definition) is 3. The SMILES string of the molecule is Cc1ccc(OCC(=O)NCc2ccccc2NC(=O)C(F)(F)F)c(C(C)(C)C)c1. The van der Waals surface area contributed by atoms with Crippen LogP contribution < -0.4 is 15.4 Å². The molecule has 2 rings (SSSR count). The zero-order valence-corrected chi connectivity index (χ0v) is 17.3. The highest BCUT2D eigenvalue weighted by molar-refractivity contribution is 5.95. The largest absolute Gasteiger partial charge is 0.483 e. The van der Waals surface area contributed by atoms with Crippen molar-refractivity contribution in [3.63, 3.8) is 0 Å². The van der Waals surface area contributed by atoms with Crippen molar-refractivity contribution in [2.45, 2.75) is 45.8 Å². The molecule has 2 aromatic rings. The molecular formula is C22H25F3N2O3. The van der Waals surface area contributed by atoms with Gasteiger partial charge in [0, 0.05) is 12.2 Å². The normalized spacial score (nSPS) is 11.7. The minimum Gasteiger partial charge on any atom is -0.483 e. The Kier molecular flexibility index (Phi) is 7.12. The number of benzene rings is 2. The molecule has 0 unspecified atom stereocenters. The number of halogens is 3. The Hall–Kier alpha value is -3.03. The van der Waals surface area contributed by atoms with Gasteiger partial charge in [0.1, 0.15) is 5.75 Å². The van der Waals surface area contributed by atoms with Crippen LogP contribution in [0.3, 0.4) is 0 Å². The summed E-state index contributed by atoms with van der Waals surface area (Å²) in [6, 6.07) is 11.7. The molecule has 0 fully saturated rings. The third-order valence-electron chi connectivity index (χ3n) is 4.30. The number of nitrogens with one attached hydrogen (secondary N) is 2. The van der Waals surface area contributed by atoms with Gasteiger partial charge < -0.3 is 15.4 Å². The number of para-hydroxylation sites is 1. The summed E-state index contributed by atoms with van der Waals surface area (Å²) in [5, 5.41) is 4.41. The van der Waals surface area contributed by atoms with Crippen LogP contribution >= 0.6 is 0 Å². The molecule has 0 aromatic heterocycles. The highest BCUT2D eigenvalue weighted by Gasteiger charge is 2.38. The predicted molar refractivity (Wildman–Crippen MR) is 108 cm³/mol. The maximum atomic E-state index is 12.5. The summed E-state index contributed by atoms with van der Waals surface area (Å²) in [4.78, 5) is 23.4. The van der Waals surface area contributed by atoms with Crippen molar-refractivity contribution in [2.75, 3.05) is 11.9 Å². The van der Waals surface area contributed by atoms with Crippen LogP contribution in [0.5, 0.6) is 5.75 Å². The van der Waals surface area contributed by atoms with Crippen molar-refractivity contribution in [2.24, 2.45) is 0 Å². The molecule has 8 heteroatoms. The van der Waals surface area contributed by atoms with E-state index >= 15 is 0 Å². The minimum absolute atomic E-state index is 0.0189. The first kappa shape index (κ1) is 23.3. The van der Waals surface area contributed by atoms with Crippen LogP contribution in [-0.4, -0.2) is 24.6 Å². The van der Waals surface area contributed by atoms with Crippen molar-refractivity contribution < 1.29 is 27.5 Å². The lowest BCUT2D eigenvalue weighted by Crippen LogP contribution is -2.32. The maximum absolute atomic E-state index is 12.5. The van der Waals surface area contributed by atoms with E-state index in [-0.39, 0.29) is 24.3 Å². The summed E-state index contributed by atoms with van der Waals surface area (Å²) < 4.78 is 43.1. The van der Waals surface area contributed by atoms with E-state index in [9.17, 15) is 22.8 Å². The minimum atomic E-state index is -5.00. The zero-order valence-electron chi connectivity index (χ0n) is 17.3. The van der Waals surface area contributed by atoms with Gasteiger partial charge in [0.25, 0.3) is 5.91 Å². The summed E-state index contributed by atoms with van der Waals surface area (Å²) >= 11 is 0. The highest BCUT2D eigenvalue weighted by atomic mass is 19.4. The number of rotatable bonds is 6. The van der Waals surface area contributed by atoms with Crippen LogP contribution in [0, 0.1) is 6.92 Å². The second-order valence-electron chi connectivity index (χ2n) is 7.92. The van der Waals surface area contributed by atoms with E-state index in [0.29, 0.717) is 11.3 Å². The number of anilines is 1. The number of alkyl halides is 3. The first-order valence-electron chi connectivity index (χ1n) is 9.34. The van der Waals surface area contributed by atoms with E-state index < -0.39 is 18.0 Å². The Morgan fingerprint density at radius 2 is 1.70 bits per heavy atom. The van der Waals surface area contributed by atoms with Crippen LogP contribution in [0.2, 0.25) is 0 Å². The van der Waals surface area contributed by atoms with Crippen LogP contribution in [0.25, 0.3) is 0 Å². The van der Waals surface area contributed by atoms with Crippen molar-refractivity contribution in [3.05, 3.63) is 59.2 Å². The lowest BCUT2D eigenvalue weighted by atomic mass is 9.85. The van der Waals surface area contributed by atoms with Crippen molar-refractivity contribution in [3.8, 4) is 5.75 Å². The van der Waals surface area contributed by atoms with E-state index in [1.165, 1.54) is 18.2 Å². The van der Waals surface area contributed by atoms with Gasteiger partial charge in [0.15, 0.2) is 6.61 Å². The molecule has 30 heavy (non-hydrogen) atoms. The lowest BCUT2D eigenvalue weighted by molar-refractivity contribution is -0.167. The van der Waals surface area contributed by atoms with E-state index in [2.05, 4.69) is 5.32 Å². The van der Waals surface area contributed by atoms with Gasteiger partial charge in [-0.05, 0) is 35.6 Å². The third-order valence-corrected chi connectivity index (χ3v) is 4.30. The number of carbonyl (C=O) groups excluding carboxylic acids is 2. The molecule has 0 atom stereocenters. The summed E-state index contributed by atoms with van der Waals surface area (Å²) in [5.74, 6) is -1.91. The lowest BCUT2D eigenvalue weighted by Gasteiger charge is -2.23. The molecule has 0 heterocycles. The molecular weight excluding hydrogens is 397 g/mol. The van der Waals surface area contributed by atoms with Crippen LogP contribution in [0.4, 0.5) is 18.9 Å². The van der Waals surface area contributed by atoms with Crippen molar-refractivity contribution >= 4 is 17.5 Å². The van der Waals surface area contributed by atoms with Gasteiger partial charge in [-0.1, -0.05) is 56.7 Å². The standard InChI is InChI=1S/C22H25F3N2O3/c1-14-9-10-18(16(11-14)21(2,3)4)30-13-19(28)26-12-15-7-5-6-8-17(15)27-20(29)22(23,24)25/h5-11H,12-13H2,1-4H3,(H,26,28)(H,27,29). The Balaban J connectivity index is 1.99. The highest BCUT2D eigenvalue weighted by Crippen LogP contribution is 2.32. The van der Waals surface area contributed by atoms with E-state index in [4.69, 9.17) is 4.74 Å². The van der Waals surface area contributed by atoms with Gasteiger partial charge in [-0.25, -0.2) is 0 Å². The second kappa shape index (κ2) is 9.19. The summed E-state index contributed by atoms with van der Waals surface area (Å²) in [7, 11) is 0. The fourth-order valence-electron chi connectivity index (χ4n) is 2.73. The molecule has 2 aromatic carbocycles. The molecule has 2 N–H and O–H groups in total. The van der Waals surface area contributed by atoms with Crippen LogP contribution in [0.15, 0.2) is 42.5 Å². The van der Waals surface area contributed by atoms with Crippen molar-refractivity contribution in [1.82, 2.24) is 5.32 Å². The fourth-order valence-corrected chi connectivity index (χ4v) is 2.73. The van der Waals surface area contributed by atoms with Crippen LogP contribution in [-0.2, 0) is 21.5 Å². The molecule has 0 radical (unpaired) electrons. The van der Waals surface area contributed by atoms with Crippen molar-refractivity contribution in [1.29, 1.82) is 0 Å². The number of amides is 2. The summed E-state index contributed by atoms with van der Waals surface area (Å²) in [5.41, 5.74) is 2.20. The first-order chi connectivity index (χ1) is 13.9. The maximum Gasteiger partial charge on any atom is 0.471 e. The molecule has 0 saturated carbocycles. The molecule has 0 aliphatic carbocycles. The summed E-state index contributed by atoms with van der Waals surface area (Å²) in [6.07, 6.45) is -5.00. The molecule has 0 saturated heterocycles. The smallest absolute Gasteiger partial charge is 0.471 e. The number of carbonyl (C=O) groups is 2. The van der Waals surface area contributed by atoms with Gasteiger partial charge in [-0.2, -0.15) is 13.2 Å². The van der Waals surface area contributed by atoms with E-state index in [1.807, 2.05) is 51.2 Å². The Bertz CT molecular complexity index is 919. The van der Waals surface area contributed by atoms with Gasteiger partial charge >= 0.3 is 12.1 Å². The van der Waals surface area contributed by atoms with E-state index in [0.717, 1.165) is 11.1 Å². The molecule has 5 nitrogen and oxygen atoms in total. The van der Waals surface area contributed by atoms with Crippen LogP contribution in [0.1, 0.15) is 37.5 Å². The molecule has 0 spiro atoms. The number of hydrogen-bond donors (Lipinski definition) is 2. The quantitative estimate of drug-likeness (QED) is 0.721. The average molecular weight is 422 g/mol. The number of ether oxygens (including phenoxy) is 1. The fraction of sp³-hybridized carbons (Fsp3) is 0.364. The van der Waals surface area contributed by atoms with Gasteiger partial charge in [0.05, 0.1) is 0 Å². The Morgan fingerprint density at radius 3 is 2.33 bits per heavy atom. The predicted octanol–water partition coefficient (Wildman–Crippen LogP) is 4.49. The molecule has 0 aliphatic heterocycles. The average Bonchev–Trinajstić information content (AvgIpc) is 2.64. The molecule has 0 bridgehead atoms. The number of aryl methyl sites for hydroxylation is 1. The molecule has 162 valence electrons. The van der Waals surface area contributed by atoms with Gasteiger partial charge in [-0.15, -0.1) is 0 Å². The third kappa shape index (κ3) is 6.50.